The van der Waals surface area contributed by atoms with Crippen LogP contribution in [0.5, 0.6) is 0 Å². The van der Waals surface area contributed by atoms with E-state index in [2.05, 4.69) is 10.6 Å². The highest BCUT2D eigenvalue weighted by molar-refractivity contribution is 8.14. The Morgan fingerprint density at radius 2 is 1.84 bits per heavy atom. The number of hydrogen-bond donors (Lipinski definition) is 4. The van der Waals surface area contributed by atoms with E-state index in [0.717, 1.165) is 11.8 Å². The molecular weight excluding hydrogens is 274 g/mol. The van der Waals surface area contributed by atoms with Gasteiger partial charge in [-0.2, -0.15) is 0 Å². The first-order valence-electron chi connectivity index (χ1n) is 5.52. The van der Waals surface area contributed by atoms with Crippen LogP contribution in [-0.2, 0) is 19.2 Å². The van der Waals surface area contributed by atoms with Gasteiger partial charge in [-0.05, 0) is 6.92 Å². The molecule has 0 saturated carbocycles. The predicted octanol–water partition coefficient (Wildman–Crippen LogP) is -1.70. The van der Waals surface area contributed by atoms with Gasteiger partial charge in [-0.3, -0.25) is 19.2 Å². The number of carboxylic acids is 1. The summed E-state index contributed by atoms with van der Waals surface area (Å²) < 4.78 is 0. The zero-order valence-electron chi connectivity index (χ0n) is 10.5. The van der Waals surface area contributed by atoms with E-state index >= 15 is 0 Å². The fourth-order valence-electron chi connectivity index (χ4n) is 0.989. The Bertz CT molecular complexity index is 361. The van der Waals surface area contributed by atoms with Gasteiger partial charge >= 0.3 is 5.97 Å². The van der Waals surface area contributed by atoms with Crippen LogP contribution in [0.2, 0.25) is 0 Å². The molecule has 0 spiro atoms. The average Bonchev–Trinajstić information content (AvgIpc) is 2.33. The van der Waals surface area contributed by atoms with Crippen LogP contribution >= 0.6 is 11.8 Å². The molecule has 1 unspecified atom stereocenters. The Balaban J connectivity index is 3.94. The number of nitrogens with one attached hydrogen (secondary N) is 2. The number of carbonyl (C=O) groups excluding carboxylic acids is 3. The Labute approximate surface area is 114 Å². The summed E-state index contributed by atoms with van der Waals surface area (Å²) in [6, 6.07) is 0. The summed E-state index contributed by atoms with van der Waals surface area (Å²) in [4.78, 5) is 44.1. The zero-order chi connectivity index (χ0) is 14.8. The topological polar surface area (TPSA) is 139 Å². The molecule has 0 heterocycles. The highest BCUT2D eigenvalue weighted by Crippen LogP contribution is 2.10. The first-order valence-corrected chi connectivity index (χ1v) is 6.40. The number of amides is 2. The van der Waals surface area contributed by atoms with Crippen molar-refractivity contribution >= 4 is 34.7 Å². The maximum absolute atomic E-state index is 11.4. The molecule has 0 radical (unpaired) electrons. The van der Waals surface area contributed by atoms with Gasteiger partial charge in [0, 0.05) is 13.0 Å². The van der Waals surface area contributed by atoms with Crippen LogP contribution in [0.1, 0.15) is 13.3 Å². The van der Waals surface area contributed by atoms with Gasteiger partial charge in [0.05, 0.1) is 11.8 Å². The second-order valence-corrected chi connectivity index (χ2v) is 4.96. The van der Waals surface area contributed by atoms with Gasteiger partial charge in [0.15, 0.2) is 0 Å². The molecule has 19 heavy (non-hydrogen) atoms. The maximum atomic E-state index is 11.4. The molecule has 108 valence electrons. The molecule has 0 aliphatic carbocycles. The lowest BCUT2D eigenvalue weighted by molar-refractivity contribution is -0.137. The van der Waals surface area contributed by atoms with Crippen LogP contribution < -0.4 is 16.4 Å². The standard InChI is InChI=1S/C10H17N3O5S/c1-6(10(18)13-4-8(15)16)19-9(17)5-12-7(14)2-3-11/h6H,2-5,11H2,1H3,(H,12,14)(H,13,18)(H,15,16). The van der Waals surface area contributed by atoms with Gasteiger partial charge in [-0.15, -0.1) is 0 Å². The van der Waals surface area contributed by atoms with Crippen molar-refractivity contribution in [3.05, 3.63) is 0 Å². The zero-order valence-corrected chi connectivity index (χ0v) is 11.3. The predicted molar refractivity (Wildman–Crippen MR) is 69.4 cm³/mol. The molecule has 9 heteroatoms. The van der Waals surface area contributed by atoms with Crippen LogP contribution in [0.25, 0.3) is 0 Å². The monoisotopic (exact) mass is 291 g/mol. The van der Waals surface area contributed by atoms with E-state index in [0.29, 0.717) is 0 Å². The van der Waals surface area contributed by atoms with E-state index in [-0.39, 0.29) is 30.5 Å². The van der Waals surface area contributed by atoms with Crippen LogP contribution in [0, 0.1) is 0 Å². The first-order chi connectivity index (χ1) is 8.86. The summed E-state index contributed by atoms with van der Waals surface area (Å²) in [7, 11) is 0. The molecule has 0 aromatic rings. The molecule has 0 aromatic carbocycles. The normalized spacial score (nSPS) is 11.5. The van der Waals surface area contributed by atoms with Crippen LogP contribution in [-0.4, -0.2) is 52.9 Å². The molecule has 0 saturated heterocycles. The Hall–Kier alpha value is -1.61. The average molecular weight is 291 g/mol. The smallest absolute Gasteiger partial charge is 0.322 e. The highest BCUT2D eigenvalue weighted by atomic mass is 32.2. The van der Waals surface area contributed by atoms with Gasteiger partial charge in [0.1, 0.15) is 6.54 Å². The lowest BCUT2D eigenvalue weighted by Gasteiger charge is -2.10. The largest absolute Gasteiger partial charge is 0.480 e. The second-order valence-electron chi connectivity index (χ2n) is 3.56. The molecule has 0 fully saturated rings. The summed E-state index contributed by atoms with van der Waals surface area (Å²) >= 11 is 0.730. The van der Waals surface area contributed by atoms with Crippen molar-refractivity contribution in [1.82, 2.24) is 10.6 Å². The SMILES string of the molecule is CC(SC(=O)CNC(=O)CCN)C(=O)NCC(=O)O. The fraction of sp³-hybridized carbons (Fsp3) is 0.600. The quantitative estimate of drug-likeness (QED) is 0.418. The van der Waals surface area contributed by atoms with Crippen molar-refractivity contribution in [2.75, 3.05) is 19.6 Å². The van der Waals surface area contributed by atoms with Crippen molar-refractivity contribution in [3.63, 3.8) is 0 Å². The summed E-state index contributed by atoms with van der Waals surface area (Å²) in [5.41, 5.74) is 5.16. The molecule has 0 aliphatic heterocycles. The van der Waals surface area contributed by atoms with Gasteiger partial charge in [0.2, 0.25) is 16.9 Å². The highest BCUT2D eigenvalue weighted by Gasteiger charge is 2.18. The Kier molecular flexibility index (Phi) is 8.55. The lowest BCUT2D eigenvalue weighted by atomic mass is 10.4. The Morgan fingerprint density at radius 3 is 2.37 bits per heavy atom. The van der Waals surface area contributed by atoms with Crippen molar-refractivity contribution < 1.29 is 24.3 Å². The fourth-order valence-corrected chi connectivity index (χ4v) is 1.73. The van der Waals surface area contributed by atoms with Crippen LogP contribution in [0.15, 0.2) is 0 Å². The molecule has 0 bridgehead atoms. The van der Waals surface area contributed by atoms with E-state index in [9.17, 15) is 19.2 Å². The first kappa shape index (κ1) is 17.4. The number of carboxylic acid groups (broad SMARTS) is 1. The number of hydrogen-bond acceptors (Lipinski definition) is 6. The molecule has 0 aromatic heterocycles. The minimum Gasteiger partial charge on any atom is -0.480 e. The van der Waals surface area contributed by atoms with Gasteiger partial charge in [0.25, 0.3) is 0 Å². The molecule has 5 N–H and O–H groups in total. The van der Waals surface area contributed by atoms with E-state index in [1.54, 1.807) is 0 Å². The van der Waals surface area contributed by atoms with Gasteiger partial charge in [-0.1, -0.05) is 11.8 Å². The molecule has 2 amide bonds. The van der Waals surface area contributed by atoms with E-state index < -0.39 is 23.7 Å². The minimum absolute atomic E-state index is 0.132. The van der Waals surface area contributed by atoms with Crippen molar-refractivity contribution in [2.24, 2.45) is 5.73 Å². The molecule has 0 rings (SSSR count). The maximum Gasteiger partial charge on any atom is 0.322 e. The van der Waals surface area contributed by atoms with E-state index in [4.69, 9.17) is 10.8 Å². The van der Waals surface area contributed by atoms with Crippen LogP contribution in [0.3, 0.4) is 0 Å². The number of aliphatic carboxylic acids is 1. The van der Waals surface area contributed by atoms with E-state index in [1.165, 1.54) is 6.92 Å². The second kappa shape index (κ2) is 9.34. The van der Waals surface area contributed by atoms with Gasteiger partial charge < -0.3 is 21.5 Å². The lowest BCUT2D eigenvalue weighted by Crippen LogP contribution is -2.36. The van der Waals surface area contributed by atoms with Crippen LogP contribution in [0.4, 0.5) is 0 Å². The summed E-state index contributed by atoms with van der Waals surface area (Å²) in [6.45, 7) is 0.980. The third-order valence-electron chi connectivity index (χ3n) is 1.89. The minimum atomic E-state index is -1.16. The number of rotatable bonds is 8. The Morgan fingerprint density at radius 1 is 1.21 bits per heavy atom. The van der Waals surface area contributed by atoms with Crippen molar-refractivity contribution in [3.8, 4) is 0 Å². The van der Waals surface area contributed by atoms with Crippen molar-refractivity contribution in [1.29, 1.82) is 0 Å². The summed E-state index contributed by atoms with van der Waals surface area (Å²) in [5, 5.41) is 11.8. The third-order valence-corrected chi connectivity index (χ3v) is 2.87. The van der Waals surface area contributed by atoms with Crippen molar-refractivity contribution in [2.45, 2.75) is 18.6 Å². The number of nitrogens with two attached hydrogens (primary N) is 1. The molecule has 0 aliphatic rings. The summed E-state index contributed by atoms with van der Waals surface area (Å²) in [6.07, 6.45) is 0.132. The van der Waals surface area contributed by atoms with Gasteiger partial charge in [-0.25, -0.2) is 0 Å². The summed E-state index contributed by atoms with van der Waals surface area (Å²) in [5.74, 6) is -2.04. The molecule has 1 atom stereocenters. The third kappa shape index (κ3) is 9.03. The molecular formula is C10H17N3O5S. The number of carbonyl (C=O) groups is 4. The number of thioether (sulfide) groups is 1. The molecule has 8 nitrogen and oxygen atoms in total. The van der Waals surface area contributed by atoms with E-state index in [1.807, 2.05) is 0 Å².